The van der Waals surface area contributed by atoms with Crippen LogP contribution in [0.3, 0.4) is 0 Å². The number of rotatable bonds is 3. The summed E-state index contributed by atoms with van der Waals surface area (Å²) in [4.78, 5) is 2.56. The molecule has 0 aromatic heterocycles. The van der Waals surface area contributed by atoms with Gasteiger partial charge in [0.2, 0.25) is 0 Å². The number of nitrogens with zero attached hydrogens (tertiary/aromatic N) is 1. The van der Waals surface area contributed by atoms with Gasteiger partial charge in [0.1, 0.15) is 0 Å². The van der Waals surface area contributed by atoms with E-state index in [1.165, 1.54) is 42.6 Å². The van der Waals surface area contributed by atoms with E-state index >= 15 is 0 Å². The molecule has 1 aliphatic heterocycles. The Labute approximate surface area is 105 Å². The summed E-state index contributed by atoms with van der Waals surface area (Å²) in [6.45, 7) is 8.70. The van der Waals surface area contributed by atoms with E-state index in [2.05, 4.69) is 36.9 Å². The third-order valence-corrected chi connectivity index (χ3v) is 3.84. The van der Waals surface area contributed by atoms with Crippen molar-refractivity contribution in [2.45, 2.75) is 33.2 Å². The molecule has 1 aliphatic rings. The lowest BCUT2D eigenvalue weighted by molar-refractivity contribution is 0.171. The third-order valence-electron chi connectivity index (χ3n) is 3.84. The van der Waals surface area contributed by atoms with Crippen LogP contribution in [0.2, 0.25) is 0 Å². The summed E-state index contributed by atoms with van der Waals surface area (Å²) in [5.41, 5.74) is 10.0. The predicted octanol–water partition coefficient (Wildman–Crippen LogP) is 2.47. The summed E-state index contributed by atoms with van der Waals surface area (Å²) in [6, 6.07) is 6.74. The molecule has 2 rings (SSSR count). The Morgan fingerprint density at radius 3 is 2.94 bits per heavy atom. The first-order chi connectivity index (χ1) is 8.19. The average molecular weight is 232 g/mol. The van der Waals surface area contributed by atoms with Gasteiger partial charge in [-0.15, -0.1) is 0 Å². The first-order valence-corrected chi connectivity index (χ1v) is 6.67. The van der Waals surface area contributed by atoms with Crippen LogP contribution in [-0.4, -0.2) is 24.5 Å². The molecule has 1 aromatic rings. The van der Waals surface area contributed by atoms with Crippen LogP contribution in [0.15, 0.2) is 18.2 Å². The molecule has 0 saturated carbocycles. The Bertz CT molecular complexity index is 373. The smallest absolute Gasteiger partial charge is 0.0236 e. The molecule has 0 radical (unpaired) electrons. The molecule has 94 valence electrons. The summed E-state index contributed by atoms with van der Waals surface area (Å²) in [7, 11) is 0. The summed E-state index contributed by atoms with van der Waals surface area (Å²) in [5.74, 6) is 0.703. The Hall–Kier alpha value is -0.860. The molecule has 0 spiro atoms. The molecule has 1 heterocycles. The van der Waals surface area contributed by atoms with Gasteiger partial charge in [-0.2, -0.15) is 0 Å². The molecule has 0 amide bonds. The van der Waals surface area contributed by atoms with Crippen molar-refractivity contribution in [3.8, 4) is 0 Å². The van der Waals surface area contributed by atoms with E-state index in [9.17, 15) is 0 Å². The molecule has 2 nitrogen and oxygen atoms in total. The van der Waals surface area contributed by atoms with Crippen molar-refractivity contribution in [2.75, 3.05) is 19.6 Å². The fourth-order valence-electron chi connectivity index (χ4n) is 2.70. The lowest BCUT2D eigenvalue weighted by Gasteiger charge is -2.32. The maximum absolute atomic E-state index is 5.79. The first-order valence-electron chi connectivity index (χ1n) is 6.67. The van der Waals surface area contributed by atoms with E-state index in [4.69, 9.17) is 5.73 Å². The minimum Gasteiger partial charge on any atom is -0.330 e. The van der Waals surface area contributed by atoms with Crippen molar-refractivity contribution in [1.82, 2.24) is 4.90 Å². The normalized spacial score (nSPS) is 21.7. The van der Waals surface area contributed by atoms with Gasteiger partial charge in [-0.05, 0) is 56.8 Å². The van der Waals surface area contributed by atoms with Crippen LogP contribution in [0.5, 0.6) is 0 Å². The second-order valence-electron chi connectivity index (χ2n) is 5.41. The molecule has 1 aromatic carbocycles. The summed E-state index contributed by atoms with van der Waals surface area (Å²) in [5, 5.41) is 0. The summed E-state index contributed by atoms with van der Waals surface area (Å²) < 4.78 is 0. The van der Waals surface area contributed by atoms with Crippen LogP contribution < -0.4 is 5.73 Å². The van der Waals surface area contributed by atoms with Gasteiger partial charge in [0.25, 0.3) is 0 Å². The fraction of sp³-hybridized carbons (Fsp3) is 0.600. The van der Waals surface area contributed by atoms with Crippen LogP contribution in [0.4, 0.5) is 0 Å². The zero-order valence-electron chi connectivity index (χ0n) is 11.1. The highest BCUT2D eigenvalue weighted by molar-refractivity contribution is 5.30. The van der Waals surface area contributed by atoms with Crippen molar-refractivity contribution in [2.24, 2.45) is 11.7 Å². The molecule has 1 fully saturated rings. The molecule has 1 saturated heterocycles. The van der Waals surface area contributed by atoms with Gasteiger partial charge in [0.05, 0.1) is 0 Å². The molecular formula is C15H24N2. The van der Waals surface area contributed by atoms with Gasteiger partial charge in [0, 0.05) is 13.1 Å². The van der Waals surface area contributed by atoms with Crippen molar-refractivity contribution >= 4 is 0 Å². The zero-order chi connectivity index (χ0) is 12.3. The molecular weight excluding hydrogens is 208 g/mol. The largest absolute Gasteiger partial charge is 0.330 e. The highest BCUT2D eigenvalue weighted by atomic mass is 15.1. The number of likely N-dealkylation sites (tertiary alicyclic amines) is 1. The number of hydrogen-bond acceptors (Lipinski definition) is 2. The van der Waals surface area contributed by atoms with E-state index < -0.39 is 0 Å². The maximum atomic E-state index is 5.79. The first kappa shape index (κ1) is 12.6. The molecule has 2 N–H and O–H groups in total. The average Bonchev–Trinajstić information content (AvgIpc) is 2.34. The SMILES string of the molecule is Cc1ccc(C)c(CN2CCC[C@H](CN)C2)c1. The molecule has 2 heteroatoms. The lowest BCUT2D eigenvalue weighted by Crippen LogP contribution is -2.37. The van der Waals surface area contributed by atoms with E-state index in [1.807, 2.05) is 0 Å². The molecule has 17 heavy (non-hydrogen) atoms. The topological polar surface area (TPSA) is 29.3 Å². The minimum atomic E-state index is 0.703. The standard InChI is InChI=1S/C15H24N2/c1-12-5-6-13(2)15(8-12)11-17-7-3-4-14(9-16)10-17/h5-6,8,14H,3-4,7,9-11,16H2,1-2H3/t14-/m1/s1. The molecule has 0 unspecified atom stereocenters. The second kappa shape index (κ2) is 5.65. The second-order valence-corrected chi connectivity index (χ2v) is 5.41. The van der Waals surface area contributed by atoms with Gasteiger partial charge >= 0.3 is 0 Å². The number of nitrogens with two attached hydrogens (primary N) is 1. The Morgan fingerprint density at radius 1 is 1.35 bits per heavy atom. The van der Waals surface area contributed by atoms with Crippen LogP contribution in [-0.2, 0) is 6.54 Å². The van der Waals surface area contributed by atoms with E-state index in [-0.39, 0.29) is 0 Å². The zero-order valence-corrected chi connectivity index (χ0v) is 11.1. The van der Waals surface area contributed by atoms with Crippen LogP contribution in [0.25, 0.3) is 0 Å². The summed E-state index contributed by atoms with van der Waals surface area (Å²) in [6.07, 6.45) is 2.60. The minimum absolute atomic E-state index is 0.703. The monoisotopic (exact) mass is 232 g/mol. The van der Waals surface area contributed by atoms with Gasteiger partial charge in [-0.3, -0.25) is 4.90 Å². The Kier molecular flexibility index (Phi) is 4.19. The lowest BCUT2D eigenvalue weighted by atomic mass is 9.97. The van der Waals surface area contributed by atoms with Gasteiger partial charge in [-0.1, -0.05) is 23.8 Å². The highest BCUT2D eigenvalue weighted by Gasteiger charge is 2.18. The van der Waals surface area contributed by atoms with Crippen molar-refractivity contribution in [1.29, 1.82) is 0 Å². The van der Waals surface area contributed by atoms with Crippen LogP contribution in [0, 0.1) is 19.8 Å². The van der Waals surface area contributed by atoms with E-state index in [0.29, 0.717) is 5.92 Å². The Morgan fingerprint density at radius 2 is 2.18 bits per heavy atom. The number of piperidine rings is 1. The van der Waals surface area contributed by atoms with Gasteiger partial charge in [0.15, 0.2) is 0 Å². The molecule has 1 atom stereocenters. The number of benzene rings is 1. The fourth-order valence-corrected chi connectivity index (χ4v) is 2.70. The van der Waals surface area contributed by atoms with Crippen molar-refractivity contribution < 1.29 is 0 Å². The van der Waals surface area contributed by atoms with Crippen LogP contribution in [0.1, 0.15) is 29.5 Å². The van der Waals surface area contributed by atoms with Gasteiger partial charge < -0.3 is 5.73 Å². The Balaban J connectivity index is 2.02. The van der Waals surface area contributed by atoms with Crippen molar-refractivity contribution in [3.05, 3.63) is 34.9 Å². The summed E-state index contributed by atoms with van der Waals surface area (Å²) >= 11 is 0. The van der Waals surface area contributed by atoms with Crippen molar-refractivity contribution in [3.63, 3.8) is 0 Å². The van der Waals surface area contributed by atoms with Gasteiger partial charge in [-0.25, -0.2) is 0 Å². The highest BCUT2D eigenvalue weighted by Crippen LogP contribution is 2.19. The van der Waals surface area contributed by atoms with E-state index in [0.717, 1.165) is 13.1 Å². The molecule has 0 aliphatic carbocycles. The molecule has 0 bridgehead atoms. The van der Waals surface area contributed by atoms with Crippen LogP contribution >= 0.6 is 0 Å². The third kappa shape index (κ3) is 3.30. The predicted molar refractivity (Wildman–Crippen MR) is 73.0 cm³/mol. The van der Waals surface area contributed by atoms with E-state index in [1.54, 1.807) is 0 Å². The number of aryl methyl sites for hydroxylation is 2. The quantitative estimate of drug-likeness (QED) is 0.867. The maximum Gasteiger partial charge on any atom is 0.0236 e. The number of hydrogen-bond donors (Lipinski definition) is 1.